The minimum absolute atomic E-state index is 0.283. The Morgan fingerprint density at radius 1 is 1.29 bits per heavy atom. The van der Waals surface area contributed by atoms with Crippen LogP contribution in [0.2, 0.25) is 0 Å². The van der Waals surface area contributed by atoms with Crippen molar-refractivity contribution in [2.45, 2.75) is 33.1 Å². The highest BCUT2D eigenvalue weighted by Crippen LogP contribution is 2.24. The summed E-state index contributed by atoms with van der Waals surface area (Å²) >= 11 is 0. The molecule has 1 aliphatic heterocycles. The topological polar surface area (TPSA) is 30.5 Å². The molecule has 1 aliphatic rings. The summed E-state index contributed by atoms with van der Waals surface area (Å²) < 4.78 is 11.0. The van der Waals surface area contributed by atoms with Gasteiger partial charge in [0.2, 0.25) is 0 Å². The Labute approximate surface area is 103 Å². The van der Waals surface area contributed by atoms with Crippen LogP contribution in [-0.2, 0) is 22.7 Å². The molecule has 1 N–H and O–H groups in total. The predicted molar refractivity (Wildman–Crippen MR) is 67.8 cm³/mol. The summed E-state index contributed by atoms with van der Waals surface area (Å²) in [6.45, 7) is 8.09. The maximum Gasteiger partial charge on any atom is 0.0725 e. The van der Waals surface area contributed by atoms with E-state index in [2.05, 4.69) is 30.4 Å². The van der Waals surface area contributed by atoms with E-state index in [4.69, 9.17) is 9.47 Å². The largest absolute Gasteiger partial charge is 0.380 e. The van der Waals surface area contributed by atoms with Crippen molar-refractivity contribution in [1.29, 1.82) is 0 Å². The van der Waals surface area contributed by atoms with Crippen LogP contribution in [0, 0.1) is 0 Å². The van der Waals surface area contributed by atoms with E-state index in [1.54, 1.807) is 0 Å². The van der Waals surface area contributed by atoms with E-state index in [9.17, 15) is 0 Å². The van der Waals surface area contributed by atoms with Gasteiger partial charge in [0.15, 0.2) is 0 Å². The number of fused-ring (bicyclic) bond motifs is 1. The molecule has 0 saturated carbocycles. The molecule has 0 saturated heterocycles. The predicted octanol–water partition coefficient (Wildman–Crippen LogP) is 2.40. The number of nitrogens with one attached hydrogen (secondary N) is 1. The smallest absolute Gasteiger partial charge is 0.0725 e. The van der Waals surface area contributed by atoms with Crippen molar-refractivity contribution >= 4 is 0 Å². The Bertz CT molecular complexity index is 365. The van der Waals surface area contributed by atoms with E-state index >= 15 is 0 Å². The lowest BCUT2D eigenvalue weighted by Gasteiger charge is -2.18. The molecule has 0 aromatic heterocycles. The maximum absolute atomic E-state index is 5.53. The number of hydrogen-bond acceptors (Lipinski definition) is 3. The van der Waals surface area contributed by atoms with E-state index in [1.165, 1.54) is 16.7 Å². The van der Waals surface area contributed by atoms with Crippen LogP contribution in [0.1, 0.15) is 36.6 Å². The quantitative estimate of drug-likeness (QED) is 0.821. The highest BCUT2D eigenvalue weighted by molar-refractivity contribution is 5.34. The van der Waals surface area contributed by atoms with Gasteiger partial charge in [0.05, 0.1) is 25.9 Å². The summed E-state index contributed by atoms with van der Waals surface area (Å²) in [6, 6.07) is 6.88. The third-order valence-electron chi connectivity index (χ3n) is 3.09. The Morgan fingerprint density at radius 3 is 2.88 bits per heavy atom. The molecule has 1 unspecified atom stereocenters. The average Bonchev–Trinajstić information content (AvgIpc) is 2.81. The zero-order chi connectivity index (χ0) is 12.1. The summed E-state index contributed by atoms with van der Waals surface area (Å²) in [7, 11) is 0. The van der Waals surface area contributed by atoms with Gasteiger partial charge < -0.3 is 14.8 Å². The zero-order valence-corrected chi connectivity index (χ0v) is 10.7. The van der Waals surface area contributed by atoms with Crippen molar-refractivity contribution in [2.75, 3.05) is 19.8 Å². The van der Waals surface area contributed by atoms with Crippen LogP contribution >= 0.6 is 0 Å². The summed E-state index contributed by atoms with van der Waals surface area (Å²) in [5.41, 5.74) is 3.94. The van der Waals surface area contributed by atoms with Crippen molar-refractivity contribution in [2.24, 2.45) is 0 Å². The molecule has 0 spiro atoms. The normalized spacial score (nSPS) is 15.9. The first-order valence-electron chi connectivity index (χ1n) is 6.35. The fraction of sp³-hybridized carbons (Fsp3) is 0.571. The molecule has 0 aliphatic carbocycles. The van der Waals surface area contributed by atoms with Gasteiger partial charge in [-0.2, -0.15) is 0 Å². The van der Waals surface area contributed by atoms with Gasteiger partial charge in [-0.1, -0.05) is 25.1 Å². The lowest BCUT2D eigenvalue weighted by atomic mass is 10.0. The van der Waals surface area contributed by atoms with Crippen LogP contribution in [0.4, 0.5) is 0 Å². The molecule has 0 fully saturated rings. The number of ether oxygens (including phenoxy) is 2. The zero-order valence-electron chi connectivity index (χ0n) is 10.7. The molecule has 1 aromatic rings. The molecular formula is C14H21NO2. The van der Waals surface area contributed by atoms with Gasteiger partial charge in [0.25, 0.3) is 0 Å². The van der Waals surface area contributed by atoms with Crippen LogP contribution in [0.25, 0.3) is 0 Å². The number of rotatable bonds is 6. The fourth-order valence-electron chi connectivity index (χ4n) is 2.16. The molecule has 1 aromatic carbocycles. The monoisotopic (exact) mass is 235 g/mol. The van der Waals surface area contributed by atoms with Crippen LogP contribution in [0.15, 0.2) is 18.2 Å². The minimum atomic E-state index is 0.283. The molecule has 0 radical (unpaired) electrons. The first-order chi connectivity index (χ1) is 8.35. The molecule has 3 nitrogen and oxygen atoms in total. The Kier molecular flexibility index (Phi) is 4.54. The molecule has 1 heterocycles. The Hall–Kier alpha value is -0.900. The van der Waals surface area contributed by atoms with E-state index in [1.807, 2.05) is 6.92 Å². The summed E-state index contributed by atoms with van der Waals surface area (Å²) in [6.07, 6.45) is 0. The second-order valence-corrected chi connectivity index (χ2v) is 4.29. The molecule has 0 amide bonds. The van der Waals surface area contributed by atoms with Gasteiger partial charge in [-0.3, -0.25) is 0 Å². The second kappa shape index (κ2) is 6.15. The summed E-state index contributed by atoms with van der Waals surface area (Å²) in [5, 5.41) is 3.46. The highest BCUT2D eigenvalue weighted by atomic mass is 16.5. The van der Waals surface area contributed by atoms with Crippen LogP contribution in [0.3, 0.4) is 0 Å². The van der Waals surface area contributed by atoms with E-state index < -0.39 is 0 Å². The van der Waals surface area contributed by atoms with E-state index in [-0.39, 0.29) is 6.04 Å². The van der Waals surface area contributed by atoms with Crippen molar-refractivity contribution in [3.63, 3.8) is 0 Å². The van der Waals surface area contributed by atoms with Crippen LogP contribution < -0.4 is 5.32 Å². The van der Waals surface area contributed by atoms with Gasteiger partial charge in [-0.25, -0.2) is 0 Å². The first-order valence-corrected chi connectivity index (χ1v) is 6.35. The molecule has 3 heteroatoms. The summed E-state index contributed by atoms with van der Waals surface area (Å²) in [4.78, 5) is 0. The number of likely N-dealkylation sites (N-methyl/N-ethyl adjacent to an activating group) is 1. The third kappa shape index (κ3) is 3.06. The number of benzene rings is 1. The molecule has 1 atom stereocenters. The molecule has 94 valence electrons. The SMILES string of the molecule is CCNC(COCC)c1ccc2c(c1)COC2. The van der Waals surface area contributed by atoms with Gasteiger partial charge in [-0.05, 0) is 30.2 Å². The standard InChI is InChI=1S/C14H21NO2/c1-3-15-14(10-16-4-2)11-5-6-12-8-17-9-13(12)7-11/h5-7,14-15H,3-4,8-10H2,1-2H3. The lowest BCUT2D eigenvalue weighted by Crippen LogP contribution is -2.25. The molecule has 2 rings (SSSR count). The highest BCUT2D eigenvalue weighted by Gasteiger charge is 2.15. The third-order valence-corrected chi connectivity index (χ3v) is 3.09. The van der Waals surface area contributed by atoms with Gasteiger partial charge >= 0.3 is 0 Å². The number of hydrogen-bond donors (Lipinski definition) is 1. The van der Waals surface area contributed by atoms with E-state index in [0.29, 0.717) is 0 Å². The minimum Gasteiger partial charge on any atom is -0.380 e. The molecular weight excluding hydrogens is 214 g/mol. The first kappa shape index (κ1) is 12.6. The van der Waals surface area contributed by atoms with Gasteiger partial charge in [0, 0.05) is 6.61 Å². The van der Waals surface area contributed by atoms with E-state index in [0.717, 1.165) is 33.0 Å². The van der Waals surface area contributed by atoms with Crippen molar-refractivity contribution < 1.29 is 9.47 Å². The molecule has 17 heavy (non-hydrogen) atoms. The van der Waals surface area contributed by atoms with Crippen molar-refractivity contribution in [1.82, 2.24) is 5.32 Å². The van der Waals surface area contributed by atoms with Gasteiger partial charge in [0.1, 0.15) is 0 Å². The Balaban J connectivity index is 2.11. The second-order valence-electron chi connectivity index (χ2n) is 4.29. The Morgan fingerprint density at radius 2 is 2.12 bits per heavy atom. The molecule has 0 bridgehead atoms. The van der Waals surface area contributed by atoms with Crippen LogP contribution in [0.5, 0.6) is 0 Å². The average molecular weight is 235 g/mol. The van der Waals surface area contributed by atoms with Crippen molar-refractivity contribution in [3.05, 3.63) is 34.9 Å². The lowest BCUT2D eigenvalue weighted by molar-refractivity contribution is 0.123. The van der Waals surface area contributed by atoms with Crippen LogP contribution in [-0.4, -0.2) is 19.8 Å². The maximum atomic E-state index is 5.53. The van der Waals surface area contributed by atoms with Gasteiger partial charge in [-0.15, -0.1) is 0 Å². The fourth-order valence-corrected chi connectivity index (χ4v) is 2.16. The summed E-state index contributed by atoms with van der Waals surface area (Å²) in [5.74, 6) is 0. The van der Waals surface area contributed by atoms with Crippen molar-refractivity contribution in [3.8, 4) is 0 Å².